The molecule has 1 nitrogen and oxygen atoms in total. The van der Waals surface area contributed by atoms with E-state index in [0.29, 0.717) is 10.6 Å². The number of rotatable bonds is 1. The molecular weight excluding hydrogens is 354 g/mol. The zero-order valence-electron chi connectivity index (χ0n) is 6.20. The Morgan fingerprint density at radius 2 is 2.17 bits per heavy atom. The van der Waals surface area contributed by atoms with Crippen LogP contribution in [-0.2, 0) is 0 Å². The molecule has 1 aromatic carbocycles. The minimum Gasteiger partial charge on any atom is -0.294 e. The fraction of sp³-hybridized carbons (Fsp3) is 0.125. The summed E-state index contributed by atoms with van der Waals surface area (Å²) in [6.45, 7) is 1.53. The molecule has 1 rings (SSSR count). The Bertz CT molecular complexity index is 338. The predicted molar refractivity (Wildman–Crippen MR) is 61.9 cm³/mol. The van der Waals surface area contributed by atoms with E-state index >= 15 is 0 Å². The van der Waals surface area contributed by atoms with Gasteiger partial charge in [0.15, 0.2) is 5.78 Å². The molecule has 0 spiro atoms. The first kappa shape index (κ1) is 10.5. The van der Waals surface area contributed by atoms with Crippen molar-refractivity contribution in [2.45, 2.75) is 6.92 Å². The van der Waals surface area contributed by atoms with Crippen molar-refractivity contribution in [1.82, 2.24) is 0 Å². The largest absolute Gasteiger partial charge is 0.294 e. The average Bonchev–Trinajstić information content (AvgIpc) is 1.96. The Morgan fingerprint density at radius 1 is 1.58 bits per heavy atom. The van der Waals surface area contributed by atoms with E-state index in [-0.39, 0.29) is 5.78 Å². The molecule has 0 atom stereocenters. The molecule has 64 valence electrons. The molecule has 0 fully saturated rings. The second-order valence-corrected chi connectivity index (χ2v) is 4.67. The normalized spacial score (nSPS) is 10.0. The summed E-state index contributed by atoms with van der Waals surface area (Å²) >= 11 is 11.2. The molecule has 0 aromatic heterocycles. The van der Waals surface area contributed by atoms with E-state index < -0.39 is 0 Å². The molecule has 4 heteroatoms. The summed E-state index contributed by atoms with van der Waals surface area (Å²) in [6.07, 6.45) is 0. The van der Waals surface area contributed by atoms with Gasteiger partial charge in [0.25, 0.3) is 0 Å². The number of hydrogen-bond donors (Lipinski definition) is 0. The van der Waals surface area contributed by atoms with Gasteiger partial charge in [0, 0.05) is 18.6 Å². The third-order valence-electron chi connectivity index (χ3n) is 1.37. The van der Waals surface area contributed by atoms with Gasteiger partial charge in [-0.3, -0.25) is 4.79 Å². The van der Waals surface area contributed by atoms with Gasteiger partial charge in [0.05, 0.1) is 0 Å². The second kappa shape index (κ2) is 4.07. The Labute approximate surface area is 97.8 Å². The summed E-state index contributed by atoms with van der Waals surface area (Å²) in [5, 5.41) is 0.576. The molecule has 0 N–H and O–H groups in total. The first-order chi connectivity index (χ1) is 5.52. The lowest BCUT2D eigenvalue weighted by molar-refractivity contribution is 0.101. The van der Waals surface area contributed by atoms with Gasteiger partial charge in [-0.2, -0.15) is 0 Å². The van der Waals surface area contributed by atoms with Crippen LogP contribution in [0, 0.1) is 3.57 Å². The molecule has 0 radical (unpaired) electrons. The number of halogens is 3. The molecule has 0 aliphatic carbocycles. The average molecular weight is 359 g/mol. The molecule has 0 unspecified atom stereocenters. The first-order valence-corrected chi connectivity index (χ1v) is 5.43. The summed E-state index contributed by atoms with van der Waals surface area (Å²) < 4.78 is 1.77. The number of Topliss-reactive ketones (excluding diaryl/α,β-unsaturated/α-hetero) is 1. The monoisotopic (exact) mass is 358 g/mol. The highest BCUT2D eigenvalue weighted by Gasteiger charge is 2.09. The lowest BCUT2D eigenvalue weighted by Crippen LogP contribution is -1.96. The van der Waals surface area contributed by atoms with Gasteiger partial charge >= 0.3 is 0 Å². The Hall–Kier alpha value is 0.390. The summed E-state index contributed by atoms with van der Waals surface area (Å²) in [5.41, 5.74) is 0.662. The SMILES string of the molecule is CC(=O)c1cc(Cl)cc(Br)c1I. The molecule has 1 aromatic rings. The Balaban J connectivity index is 3.37. The number of carbonyl (C=O) groups is 1. The van der Waals surface area contributed by atoms with Crippen LogP contribution in [-0.4, -0.2) is 5.78 Å². The van der Waals surface area contributed by atoms with E-state index in [1.165, 1.54) is 6.92 Å². The highest BCUT2D eigenvalue weighted by Crippen LogP contribution is 2.27. The number of benzene rings is 1. The maximum atomic E-state index is 11.1. The molecule has 0 bridgehead atoms. The van der Waals surface area contributed by atoms with Crippen molar-refractivity contribution >= 4 is 55.9 Å². The lowest BCUT2D eigenvalue weighted by Gasteiger charge is -2.02. The van der Waals surface area contributed by atoms with Gasteiger partial charge in [0.1, 0.15) is 0 Å². The van der Waals surface area contributed by atoms with Crippen LogP contribution in [0.5, 0.6) is 0 Å². The van der Waals surface area contributed by atoms with Crippen molar-refractivity contribution in [2.75, 3.05) is 0 Å². The highest BCUT2D eigenvalue weighted by atomic mass is 127. The smallest absolute Gasteiger partial charge is 0.160 e. The van der Waals surface area contributed by atoms with Gasteiger partial charge < -0.3 is 0 Å². The van der Waals surface area contributed by atoms with E-state index in [1.54, 1.807) is 12.1 Å². The van der Waals surface area contributed by atoms with Crippen LogP contribution in [0.3, 0.4) is 0 Å². The quantitative estimate of drug-likeness (QED) is 0.422. The van der Waals surface area contributed by atoms with Gasteiger partial charge in [0.2, 0.25) is 0 Å². The van der Waals surface area contributed by atoms with Gasteiger partial charge in [-0.1, -0.05) is 11.6 Å². The van der Waals surface area contributed by atoms with E-state index in [2.05, 4.69) is 38.5 Å². The Morgan fingerprint density at radius 3 is 2.67 bits per heavy atom. The molecule has 0 heterocycles. The number of hydrogen-bond acceptors (Lipinski definition) is 1. The zero-order chi connectivity index (χ0) is 9.30. The standard InChI is InChI=1S/C8H5BrClIO/c1-4(12)6-2-5(10)3-7(9)8(6)11/h2-3H,1H3. The van der Waals surface area contributed by atoms with Gasteiger partial charge in [-0.05, 0) is 57.6 Å². The molecular formula is C8H5BrClIO. The van der Waals surface area contributed by atoms with Crippen LogP contribution in [0.1, 0.15) is 17.3 Å². The van der Waals surface area contributed by atoms with E-state index in [0.717, 1.165) is 8.04 Å². The summed E-state index contributed by atoms with van der Waals surface area (Å²) in [7, 11) is 0. The van der Waals surface area contributed by atoms with Crippen LogP contribution < -0.4 is 0 Å². The summed E-state index contributed by atoms with van der Waals surface area (Å²) in [6, 6.07) is 3.45. The molecule has 0 amide bonds. The zero-order valence-corrected chi connectivity index (χ0v) is 10.7. The third-order valence-corrected chi connectivity index (χ3v) is 4.12. The van der Waals surface area contributed by atoms with Crippen molar-refractivity contribution in [1.29, 1.82) is 0 Å². The fourth-order valence-electron chi connectivity index (χ4n) is 0.812. The predicted octanol–water partition coefficient (Wildman–Crippen LogP) is 3.91. The molecule has 0 saturated carbocycles. The van der Waals surface area contributed by atoms with Crippen LogP contribution >= 0.6 is 50.1 Å². The van der Waals surface area contributed by atoms with Crippen molar-refractivity contribution in [2.24, 2.45) is 0 Å². The summed E-state index contributed by atoms with van der Waals surface area (Å²) in [4.78, 5) is 11.1. The number of carbonyl (C=O) groups excluding carboxylic acids is 1. The fourth-order valence-corrected chi connectivity index (χ4v) is 2.31. The van der Waals surface area contributed by atoms with Crippen molar-refractivity contribution in [3.8, 4) is 0 Å². The van der Waals surface area contributed by atoms with Gasteiger partial charge in [-0.15, -0.1) is 0 Å². The first-order valence-electron chi connectivity index (χ1n) is 3.18. The van der Waals surface area contributed by atoms with E-state index in [4.69, 9.17) is 11.6 Å². The number of ketones is 1. The molecule has 12 heavy (non-hydrogen) atoms. The molecule has 0 saturated heterocycles. The Kier molecular flexibility index (Phi) is 3.55. The van der Waals surface area contributed by atoms with Crippen molar-refractivity contribution in [3.05, 3.63) is 30.8 Å². The van der Waals surface area contributed by atoms with Crippen LogP contribution in [0.2, 0.25) is 5.02 Å². The maximum Gasteiger partial charge on any atom is 0.160 e. The van der Waals surface area contributed by atoms with Crippen molar-refractivity contribution in [3.63, 3.8) is 0 Å². The highest BCUT2D eigenvalue weighted by molar-refractivity contribution is 14.1. The van der Waals surface area contributed by atoms with Gasteiger partial charge in [-0.25, -0.2) is 0 Å². The topological polar surface area (TPSA) is 17.1 Å². The third kappa shape index (κ3) is 2.20. The minimum absolute atomic E-state index is 0.0302. The maximum absolute atomic E-state index is 11.1. The molecule has 0 aliphatic heterocycles. The second-order valence-electron chi connectivity index (χ2n) is 2.31. The van der Waals surface area contributed by atoms with Crippen LogP contribution in [0.4, 0.5) is 0 Å². The summed E-state index contributed by atoms with van der Waals surface area (Å²) in [5.74, 6) is 0.0302. The van der Waals surface area contributed by atoms with Crippen LogP contribution in [0.15, 0.2) is 16.6 Å². The van der Waals surface area contributed by atoms with E-state index in [9.17, 15) is 4.79 Å². The molecule has 0 aliphatic rings. The lowest BCUT2D eigenvalue weighted by atomic mass is 10.1. The van der Waals surface area contributed by atoms with Crippen LogP contribution in [0.25, 0.3) is 0 Å². The van der Waals surface area contributed by atoms with Crippen molar-refractivity contribution < 1.29 is 4.79 Å². The van der Waals surface area contributed by atoms with E-state index in [1.807, 2.05) is 0 Å². The minimum atomic E-state index is 0.0302.